The number of rotatable bonds is 2. The van der Waals surface area contributed by atoms with Gasteiger partial charge in [-0.2, -0.15) is 0 Å². The third kappa shape index (κ3) is 1.94. The Morgan fingerprint density at radius 1 is 1.83 bits per heavy atom. The highest BCUT2D eigenvalue weighted by molar-refractivity contribution is 5.86. The quantitative estimate of drug-likeness (QED) is 0.523. The van der Waals surface area contributed by atoms with Crippen molar-refractivity contribution in [1.82, 2.24) is 10.2 Å². The van der Waals surface area contributed by atoms with Crippen molar-refractivity contribution in [3.05, 3.63) is 0 Å². The van der Waals surface area contributed by atoms with Crippen LogP contribution in [0.25, 0.3) is 0 Å². The molecule has 1 heterocycles. The average Bonchev–Trinajstić information content (AvgIpc) is 2.30. The van der Waals surface area contributed by atoms with Gasteiger partial charge in [0.25, 0.3) is 0 Å². The molecule has 1 fully saturated rings. The maximum atomic E-state index is 11.0. The van der Waals surface area contributed by atoms with Crippen molar-refractivity contribution in [3.63, 3.8) is 0 Å². The molecule has 0 aliphatic carbocycles. The second-order valence-electron chi connectivity index (χ2n) is 2.81. The molecule has 2 N–H and O–H groups in total. The van der Waals surface area contributed by atoms with Crippen LogP contribution < -0.4 is 5.32 Å². The van der Waals surface area contributed by atoms with E-state index in [1.165, 1.54) is 11.9 Å². The Kier molecular flexibility index (Phi) is 2.65. The van der Waals surface area contributed by atoms with Crippen LogP contribution in [0.2, 0.25) is 0 Å². The van der Waals surface area contributed by atoms with Gasteiger partial charge in [-0.1, -0.05) is 0 Å². The predicted octanol–water partition coefficient (Wildman–Crippen LogP) is -1.67. The highest BCUT2D eigenvalue weighted by Crippen LogP contribution is 2.09. The average molecular weight is 172 g/mol. The van der Waals surface area contributed by atoms with E-state index < -0.39 is 6.10 Å². The monoisotopic (exact) mass is 172 g/mol. The van der Waals surface area contributed by atoms with Crippen LogP contribution in [-0.2, 0) is 9.59 Å². The van der Waals surface area contributed by atoms with E-state index in [4.69, 9.17) is 5.11 Å². The Labute approximate surface area is 70.4 Å². The second kappa shape index (κ2) is 3.53. The summed E-state index contributed by atoms with van der Waals surface area (Å²) < 4.78 is 0. The zero-order valence-electron chi connectivity index (χ0n) is 6.91. The lowest BCUT2D eigenvalue weighted by Gasteiger charge is -2.13. The van der Waals surface area contributed by atoms with Gasteiger partial charge >= 0.3 is 0 Å². The van der Waals surface area contributed by atoms with Crippen LogP contribution in [0.1, 0.15) is 6.42 Å². The number of hydrogen-bond donors (Lipinski definition) is 2. The number of amides is 2. The fourth-order valence-corrected chi connectivity index (χ4v) is 1.16. The predicted molar refractivity (Wildman–Crippen MR) is 41.3 cm³/mol. The second-order valence-corrected chi connectivity index (χ2v) is 2.81. The van der Waals surface area contributed by atoms with Gasteiger partial charge in [0.2, 0.25) is 11.8 Å². The van der Waals surface area contributed by atoms with E-state index in [-0.39, 0.29) is 31.3 Å². The van der Waals surface area contributed by atoms with Gasteiger partial charge in [0.05, 0.1) is 19.1 Å². The van der Waals surface area contributed by atoms with Crippen molar-refractivity contribution in [2.75, 3.05) is 20.1 Å². The van der Waals surface area contributed by atoms with Crippen LogP contribution >= 0.6 is 0 Å². The molecule has 1 aliphatic rings. The Morgan fingerprint density at radius 2 is 2.50 bits per heavy atom. The lowest BCUT2D eigenvalue weighted by molar-refractivity contribution is -0.132. The van der Waals surface area contributed by atoms with Gasteiger partial charge in [-0.3, -0.25) is 9.59 Å². The first-order valence-electron chi connectivity index (χ1n) is 3.80. The molecule has 1 atom stereocenters. The smallest absolute Gasteiger partial charge is 0.239 e. The number of nitrogens with one attached hydrogen (secondary N) is 1. The fraction of sp³-hybridized carbons (Fsp3) is 0.714. The Balaban J connectivity index is 2.43. The van der Waals surface area contributed by atoms with Gasteiger partial charge in [-0.25, -0.2) is 0 Å². The number of β-amino-alcohol motifs (C(OH)–C–C–N with tert-alkyl or cyclic N) is 1. The van der Waals surface area contributed by atoms with E-state index in [0.29, 0.717) is 0 Å². The fourth-order valence-electron chi connectivity index (χ4n) is 1.16. The first-order chi connectivity index (χ1) is 5.63. The van der Waals surface area contributed by atoms with Gasteiger partial charge in [-0.15, -0.1) is 0 Å². The molecular weight excluding hydrogens is 160 g/mol. The van der Waals surface area contributed by atoms with Crippen molar-refractivity contribution >= 4 is 11.8 Å². The number of likely N-dealkylation sites (tertiary alicyclic amines) is 1. The minimum absolute atomic E-state index is 0.0480. The summed E-state index contributed by atoms with van der Waals surface area (Å²) >= 11 is 0. The van der Waals surface area contributed by atoms with Gasteiger partial charge in [-0.05, 0) is 0 Å². The number of aliphatic hydroxyl groups excluding tert-OH is 1. The van der Waals surface area contributed by atoms with Crippen molar-refractivity contribution in [2.45, 2.75) is 12.5 Å². The molecule has 12 heavy (non-hydrogen) atoms. The van der Waals surface area contributed by atoms with E-state index in [2.05, 4.69) is 5.32 Å². The lowest BCUT2D eigenvalue weighted by Crippen LogP contribution is -2.36. The molecule has 0 saturated carbocycles. The van der Waals surface area contributed by atoms with E-state index in [1.807, 2.05) is 0 Å². The number of carbonyl (C=O) groups excluding carboxylic acids is 2. The van der Waals surface area contributed by atoms with Crippen LogP contribution in [0.3, 0.4) is 0 Å². The summed E-state index contributed by atoms with van der Waals surface area (Å²) in [6.45, 7) is 0.318. The van der Waals surface area contributed by atoms with E-state index >= 15 is 0 Å². The molecule has 0 bridgehead atoms. The van der Waals surface area contributed by atoms with Crippen LogP contribution in [0.5, 0.6) is 0 Å². The molecule has 1 saturated heterocycles. The first kappa shape index (κ1) is 8.99. The van der Waals surface area contributed by atoms with Crippen molar-refractivity contribution in [2.24, 2.45) is 0 Å². The number of aliphatic hydroxyl groups is 1. The molecule has 0 spiro atoms. The SMILES string of the molecule is CNC(=O)CN1CC(O)CC1=O. The normalized spacial score (nSPS) is 23.0. The van der Waals surface area contributed by atoms with E-state index in [1.54, 1.807) is 0 Å². The van der Waals surface area contributed by atoms with Crippen molar-refractivity contribution in [1.29, 1.82) is 0 Å². The highest BCUT2D eigenvalue weighted by Gasteiger charge is 2.28. The number of hydrogen-bond acceptors (Lipinski definition) is 3. The molecular formula is C7H12N2O3. The summed E-state index contributed by atoms with van der Waals surface area (Å²) in [4.78, 5) is 23.2. The summed E-state index contributed by atoms with van der Waals surface area (Å²) in [5.41, 5.74) is 0. The third-order valence-corrected chi connectivity index (χ3v) is 1.81. The summed E-state index contributed by atoms with van der Waals surface area (Å²) in [7, 11) is 1.51. The van der Waals surface area contributed by atoms with Gasteiger partial charge < -0.3 is 15.3 Å². The zero-order valence-corrected chi connectivity index (χ0v) is 6.91. The van der Waals surface area contributed by atoms with Gasteiger partial charge in [0.15, 0.2) is 0 Å². The van der Waals surface area contributed by atoms with Gasteiger partial charge in [0.1, 0.15) is 0 Å². The standard InChI is InChI=1S/C7H12N2O3/c1-8-6(11)4-9-3-5(10)2-7(9)12/h5,10H,2-4H2,1H3,(H,8,11). The van der Waals surface area contributed by atoms with Crippen molar-refractivity contribution < 1.29 is 14.7 Å². The van der Waals surface area contributed by atoms with Crippen LogP contribution in [0.15, 0.2) is 0 Å². The van der Waals surface area contributed by atoms with Crippen LogP contribution in [-0.4, -0.2) is 48.1 Å². The molecule has 0 aromatic rings. The largest absolute Gasteiger partial charge is 0.391 e. The molecule has 0 aromatic heterocycles. The zero-order chi connectivity index (χ0) is 9.14. The number of carbonyl (C=O) groups is 2. The molecule has 68 valence electrons. The minimum atomic E-state index is -0.609. The Morgan fingerprint density at radius 3 is 2.92 bits per heavy atom. The lowest BCUT2D eigenvalue weighted by atomic mass is 10.3. The summed E-state index contributed by atoms with van der Waals surface area (Å²) in [6, 6.07) is 0. The summed E-state index contributed by atoms with van der Waals surface area (Å²) in [5, 5.41) is 11.5. The topological polar surface area (TPSA) is 69.6 Å². The summed E-state index contributed by atoms with van der Waals surface area (Å²) in [5.74, 6) is -0.372. The number of nitrogens with zero attached hydrogens (tertiary/aromatic N) is 1. The Bertz CT molecular complexity index is 205. The molecule has 0 radical (unpaired) electrons. The minimum Gasteiger partial charge on any atom is -0.391 e. The van der Waals surface area contributed by atoms with E-state index in [0.717, 1.165) is 0 Å². The first-order valence-corrected chi connectivity index (χ1v) is 3.80. The molecule has 0 aromatic carbocycles. The third-order valence-electron chi connectivity index (χ3n) is 1.81. The van der Waals surface area contributed by atoms with Crippen LogP contribution in [0, 0.1) is 0 Å². The highest BCUT2D eigenvalue weighted by atomic mass is 16.3. The molecule has 5 heteroatoms. The molecule has 5 nitrogen and oxygen atoms in total. The summed E-state index contributed by atoms with van der Waals surface area (Å²) in [6.07, 6.45) is -0.473. The molecule has 2 amide bonds. The molecule has 1 unspecified atom stereocenters. The Hall–Kier alpha value is -1.10. The maximum absolute atomic E-state index is 11.0. The van der Waals surface area contributed by atoms with Crippen LogP contribution in [0.4, 0.5) is 0 Å². The molecule has 1 aliphatic heterocycles. The van der Waals surface area contributed by atoms with E-state index in [9.17, 15) is 9.59 Å². The number of likely N-dealkylation sites (N-methyl/N-ethyl adjacent to an activating group) is 1. The van der Waals surface area contributed by atoms with Gasteiger partial charge in [0, 0.05) is 13.6 Å². The maximum Gasteiger partial charge on any atom is 0.239 e. The van der Waals surface area contributed by atoms with Crippen molar-refractivity contribution in [3.8, 4) is 0 Å². The molecule has 1 rings (SSSR count).